The first-order valence-corrected chi connectivity index (χ1v) is 3.36. The van der Waals surface area contributed by atoms with Crippen molar-refractivity contribution < 1.29 is 0 Å². The van der Waals surface area contributed by atoms with Crippen LogP contribution in [0.5, 0.6) is 0 Å². The molecule has 0 fully saturated rings. The fourth-order valence-corrected chi connectivity index (χ4v) is 0.716. The Hall–Kier alpha value is -0.380. The number of aromatic nitrogens is 2. The molecular weight excluding hydrogens is 173 g/mol. The normalized spacial score (nSPS) is 9.90. The topological polar surface area (TPSA) is 51.8 Å². The van der Waals surface area contributed by atoms with Gasteiger partial charge in [-0.15, -0.1) is 0 Å². The van der Waals surface area contributed by atoms with E-state index in [1.54, 1.807) is 0 Å². The number of hydrogen-bond acceptors (Lipinski definition) is 3. The van der Waals surface area contributed by atoms with Crippen molar-refractivity contribution in [2.24, 2.45) is 5.73 Å². The average Bonchev–Trinajstić information content (AvgIpc) is 1.95. The average molecular weight is 178 g/mol. The van der Waals surface area contributed by atoms with E-state index in [1.165, 1.54) is 6.20 Å². The van der Waals surface area contributed by atoms with Gasteiger partial charge in [-0.05, 0) is 0 Å². The lowest BCUT2D eigenvalue weighted by molar-refractivity contribution is 0.909. The van der Waals surface area contributed by atoms with Crippen LogP contribution in [0.15, 0.2) is 6.20 Å². The Morgan fingerprint density at radius 3 is 2.70 bits per heavy atom. The zero-order chi connectivity index (χ0) is 7.56. The van der Waals surface area contributed by atoms with Crippen LogP contribution < -0.4 is 5.73 Å². The summed E-state index contributed by atoms with van der Waals surface area (Å²) >= 11 is 11.1. The molecule has 5 heteroatoms. The van der Waals surface area contributed by atoms with Crippen LogP contribution >= 0.6 is 23.2 Å². The predicted octanol–water partition coefficient (Wildman–Crippen LogP) is 1.24. The van der Waals surface area contributed by atoms with Gasteiger partial charge in [0.1, 0.15) is 5.82 Å². The van der Waals surface area contributed by atoms with Gasteiger partial charge in [0, 0.05) is 0 Å². The molecule has 0 bridgehead atoms. The minimum Gasteiger partial charge on any atom is -0.324 e. The first-order valence-electron chi connectivity index (χ1n) is 2.61. The van der Waals surface area contributed by atoms with Crippen LogP contribution in [0, 0.1) is 0 Å². The van der Waals surface area contributed by atoms with Crippen molar-refractivity contribution in [2.45, 2.75) is 6.54 Å². The van der Waals surface area contributed by atoms with Crippen molar-refractivity contribution in [3.05, 3.63) is 22.2 Å². The molecule has 10 heavy (non-hydrogen) atoms. The first kappa shape index (κ1) is 7.72. The van der Waals surface area contributed by atoms with Gasteiger partial charge < -0.3 is 5.73 Å². The second-order valence-electron chi connectivity index (χ2n) is 1.63. The van der Waals surface area contributed by atoms with E-state index in [2.05, 4.69) is 9.97 Å². The maximum atomic E-state index is 5.55. The second kappa shape index (κ2) is 3.14. The van der Waals surface area contributed by atoms with Gasteiger partial charge in [0.05, 0.1) is 17.8 Å². The third-order valence-corrected chi connectivity index (χ3v) is 1.60. The molecule has 0 aliphatic heterocycles. The molecule has 0 unspecified atom stereocenters. The lowest BCUT2D eigenvalue weighted by atomic mass is 10.5. The summed E-state index contributed by atoms with van der Waals surface area (Å²) in [6.07, 6.45) is 1.43. The van der Waals surface area contributed by atoms with E-state index in [4.69, 9.17) is 28.9 Å². The van der Waals surface area contributed by atoms with Crippen molar-refractivity contribution >= 4 is 23.2 Å². The van der Waals surface area contributed by atoms with E-state index in [0.29, 0.717) is 10.8 Å². The second-order valence-corrected chi connectivity index (χ2v) is 2.39. The zero-order valence-electron chi connectivity index (χ0n) is 5.01. The van der Waals surface area contributed by atoms with E-state index < -0.39 is 0 Å². The number of nitrogens with two attached hydrogens (primary N) is 1. The van der Waals surface area contributed by atoms with Gasteiger partial charge in [-0.2, -0.15) is 0 Å². The Kier molecular flexibility index (Phi) is 2.43. The van der Waals surface area contributed by atoms with Crippen LogP contribution in [0.1, 0.15) is 5.82 Å². The Labute approximate surface area is 68.2 Å². The Morgan fingerprint density at radius 1 is 1.50 bits per heavy atom. The van der Waals surface area contributed by atoms with Crippen LogP contribution in [-0.2, 0) is 6.54 Å². The van der Waals surface area contributed by atoms with Gasteiger partial charge in [0.25, 0.3) is 0 Å². The van der Waals surface area contributed by atoms with Crippen molar-refractivity contribution in [3.8, 4) is 0 Å². The van der Waals surface area contributed by atoms with E-state index in [1.807, 2.05) is 0 Å². The number of nitrogens with zero attached hydrogens (tertiary/aromatic N) is 2. The van der Waals surface area contributed by atoms with E-state index in [9.17, 15) is 0 Å². The Bertz CT molecular complexity index is 238. The summed E-state index contributed by atoms with van der Waals surface area (Å²) in [7, 11) is 0. The highest BCUT2D eigenvalue weighted by Crippen LogP contribution is 2.16. The van der Waals surface area contributed by atoms with Crippen molar-refractivity contribution in [2.75, 3.05) is 0 Å². The quantitative estimate of drug-likeness (QED) is 0.658. The highest BCUT2D eigenvalue weighted by Gasteiger charge is 1.99. The fraction of sp³-hybridized carbons (Fsp3) is 0.200. The number of hydrogen-bond donors (Lipinski definition) is 1. The van der Waals surface area contributed by atoms with Crippen LogP contribution in [0.2, 0.25) is 10.2 Å². The van der Waals surface area contributed by atoms with E-state index >= 15 is 0 Å². The van der Waals surface area contributed by atoms with Gasteiger partial charge in [0.2, 0.25) is 0 Å². The molecule has 0 radical (unpaired) electrons. The third kappa shape index (κ3) is 1.56. The number of rotatable bonds is 1. The maximum Gasteiger partial charge on any atom is 0.151 e. The minimum absolute atomic E-state index is 0.247. The van der Waals surface area contributed by atoms with Crippen molar-refractivity contribution in [1.29, 1.82) is 0 Å². The molecule has 0 spiro atoms. The zero-order valence-corrected chi connectivity index (χ0v) is 6.52. The highest BCUT2D eigenvalue weighted by molar-refractivity contribution is 6.41. The van der Waals surface area contributed by atoms with Crippen LogP contribution in [0.4, 0.5) is 0 Å². The number of halogens is 2. The summed E-state index contributed by atoms with van der Waals surface area (Å²) in [5.41, 5.74) is 5.24. The molecule has 0 saturated carbocycles. The molecule has 0 atom stereocenters. The summed E-state index contributed by atoms with van der Waals surface area (Å²) in [5, 5.41) is 0.594. The lowest BCUT2D eigenvalue weighted by Crippen LogP contribution is -2.02. The van der Waals surface area contributed by atoms with Gasteiger partial charge in [0.15, 0.2) is 5.15 Å². The highest BCUT2D eigenvalue weighted by atomic mass is 35.5. The third-order valence-electron chi connectivity index (χ3n) is 0.934. The summed E-state index contributed by atoms with van der Waals surface area (Å²) in [5.74, 6) is 0.495. The molecular formula is C5H5Cl2N3. The molecule has 0 aliphatic carbocycles. The molecule has 1 heterocycles. The molecule has 1 rings (SSSR count). The smallest absolute Gasteiger partial charge is 0.151 e. The predicted molar refractivity (Wildman–Crippen MR) is 39.9 cm³/mol. The lowest BCUT2D eigenvalue weighted by Gasteiger charge is -1.95. The van der Waals surface area contributed by atoms with Crippen LogP contribution in [-0.4, -0.2) is 9.97 Å². The largest absolute Gasteiger partial charge is 0.324 e. The summed E-state index contributed by atoms with van der Waals surface area (Å²) in [4.78, 5) is 7.59. The molecule has 0 aliphatic rings. The molecule has 0 saturated heterocycles. The first-order chi connectivity index (χ1) is 4.74. The molecule has 54 valence electrons. The molecule has 0 aromatic carbocycles. The molecule has 2 N–H and O–H groups in total. The maximum absolute atomic E-state index is 5.55. The van der Waals surface area contributed by atoms with E-state index in [0.717, 1.165) is 0 Å². The standard InChI is InChI=1S/C5H5Cl2N3/c6-3-2-9-4(1-8)10-5(3)7/h2H,1,8H2. The van der Waals surface area contributed by atoms with Gasteiger partial charge in [-0.25, -0.2) is 9.97 Å². The molecule has 3 nitrogen and oxygen atoms in total. The van der Waals surface area contributed by atoms with Crippen LogP contribution in [0.25, 0.3) is 0 Å². The summed E-state index contributed by atoms with van der Waals surface area (Å²) < 4.78 is 0. The van der Waals surface area contributed by atoms with Crippen molar-refractivity contribution in [1.82, 2.24) is 9.97 Å². The molecule has 1 aromatic rings. The van der Waals surface area contributed by atoms with Crippen LogP contribution in [0.3, 0.4) is 0 Å². The van der Waals surface area contributed by atoms with Gasteiger partial charge in [-0.3, -0.25) is 0 Å². The Balaban J connectivity index is 3.04. The molecule has 0 amide bonds. The molecule has 1 aromatic heterocycles. The van der Waals surface area contributed by atoms with Crippen molar-refractivity contribution in [3.63, 3.8) is 0 Å². The SMILES string of the molecule is NCc1ncc(Cl)c(Cl)n1. The van der Waals surface area contributed by atoms with E-state index in [-0.39, 0.29) is 11.7 Å². The Morgan fingerprint density at radius 2 is 2.20 bits per heavy atom. The monoisotopic (exact) mass is 177 g/mol. The fourth-order valence-electron chi connectivity index (χ4n) is 0.478. The van der Waals surface area contributed by atoms with Gasteiger partial charge in [-0.1, -0.05) is 23.2 Å². The summed E-state index contributed by atoms with van der Waals surface area (Å²) in [6.45, 7) is 0.275. The van der Waals surface area contributed by atoms with Gasteiger partial charge >= 0.3 is 0 Å². The summed E-state index contributed by atoms with van der Waals surface area (Å²) in [6, 6.07) is 0. The minimum atomic E-state index is 0.247.